The zero-order chi connectivity index (χ0) is 12.5. The Labute approximate surface area is 99.0 Å². The fraction of sp³-hybridized carbons (Fsp3) is 0.538. The van der Waals surface area contributed by atoms with Crippen molar-refractivity contribution >= 4 is 0 Å². The lowest BCUT2D eigenvalue weighted by atomic mass is 9.79. The summed E-state index contributed by atoms with van der Waals surface area (Å²) in [5, 5.41) is 3.27. The van der Waals surface area contributed by atoms with Crippen LogP contribution in [0.25, 0.3) is 0 Å². The fourth-order valence-electron chi connectivity index (χ4n) is 2.37. The molecule has 1 nitrogen and oxygen atoms in total. The molecule has 17 heavy (non-hydrogen) atoms. The van der Waals surface area contributed by atoms with Crippen LogP contribution in [0.4, 0.5) is 13.2 Å². The van der Waals surface area contributed by atoms with Gasteiger partial charge in [-0.3, -0.25) is 0 Å². The van der Waals surface area contributed by atoms with Gasteiger partial charge in [-0.05, 0) is 37.4 Å². The number of benzene rings is 1. The van der Waals surface area contributed by atoms with E-state index in [1.807, 2.05) is 6.92 Å². The molecule has 1 aliphatic heterocycles. The Hall–Kier alpha value is -1.03. The van der Waals surface area contributed by atoms with Gasteiger partial charge in [-0.1, -0.05) is 25.1 Å². The molecule has 0 spiro atoms. The Morgan fingerprint density at radius 1 is 1.29 bits per heavy atom. The number of alkyl halides is 3. The normalized spacial score (nSPS) is 24.5. The van der Waals surface area contributed by atoms with E-state index in [-0.39, 0.29) is 5.54 Å². The van der Waals surface area contributed by atoms with Crippen molar-refractivity contribution in [1.82, 2.24) is 5.32 Å². The van der Waals surface area contributed by atoms with Crippen LogP contribution >= 0.6 is 0 Å². The third-order valence-electron chi connectivity index (χ3n) is 3.63. The molecule has 1 heterocycles. The molecule has 1 fully saturated rings. The quantitative estimate of drug-likeness (QED) is 0.858. The molecule has 1 aromatic rings. The van der Waals surface area contributed by atoms with Crippen molar-refractivity contribution in [2.24, 2.45) is 0 Å². The van der Waals surface area contributed by atoms with Crippen molar-refractivity contribution < 1.29 is 13.2 Å². The van der Waals surface area contributed by atoms with Gasteiger partial charge in [-0.25, -0.2) is 0 Å². The maximum absolute atomic E-state index is 12.8. The van der Waals surface area contributed by atoms with Gasteiger partial charge in [0, 0.05) is 5.54 Å². The number of hydrogen-bond acceptors (Lipinski definition) is 1. The van der Waals surface area contributed by atoms with Gasteiger partial charge in [0.25, 0.3) is 0 Å². The lowest BCUT2D eigenvalue weighted by molar-refractivity contribution is -0.138. The smallest absolute Gasteiger partial charge is 0.311 e. The van der Waals surface area contributed by atoms with Crippen LogP contribution in [0.15, 0.2) is 24.3 Å². The van der Waals surface area contributed by atoms with Crippen LogP contribution in [-0.2, 0) is 12.6 Å². The van der Waals surface area contributed by atoms with Crippen LogP contribution in [-0.4, -0.2) is 12.1 Å². The van der Waals surface area contributed by atoms with E-state index in [1.54, 1.807) is 12.1 Å². The zero-order valence-electron chi connectivity index (χ0n) is 9.77. The highest BCUT2D eigenvalue weighted by atomic mass is 19.4. The Bertz CT molecular complexity index is 388. The molecule has 1 atom stereocenters. The summed E-state index contributed by atoms with van der Waals surface area (Å²) in [5.41, 5.74) is -0.225. The fourth-order valence-corrected chi connectivity index (χ4v) is 2.37. The van der Waals surface area contributed by atoms with E-state index in [9.17, 15) is 13.2 Å². The van der Waals surface area contributed by atoms with Crippen molar-refractivity contribution in [1.29, 1.82) is 0 Å². The summed E-state index contributed by atoms with van der Waals surface area (Å²) in [7, 11) is 0. The van der Waals surface area contributed by atoms with Gasteiger partial charge < -0.3 is 5.32 Å². The van der Waals surface area contributed by atoms with Crippen LogP contribution in [0.5, 0.6) is 0 Å². The minimum absolute atomic E-state index is 0.124. The second-order valence-corrected chi connectivity index (χ2v) is 4.64. The first kappa shape index (κ1) is 12.4. The van der Waals surface area contributed by atoms with Gasteiger partial charge in [0.2, 0.25) is 0 Å². The molecule has 0 amide bonds. The van der Waals surface area contributed by atoms with Crippen molar-refractivity contribution in [2.45, 2.75) is 37.9 Å². The third kappa shape index (κ3) is 2.46. The van der Waals surface area contributed by atoms with Gasteiger partial charge in [0.1, 0.15) is 0 Å². The van der Waals surface area contributed by atoms with E-state index >= 15 is 0 Å². The third-order valence-corrected chi connectivity index (χ3v) is 3.63. The first-order valence-electron chi connectivity index (χ1n) is 5.87. The molecule has 1 unspecified atom stereocenters. The largest absolute Gasteiger partial charge is 0.416 e. The molecule has 0 saturated carbocycles. The molecule has 1 N–H and O–H groups in total. The maximum Gasteiger partial charge on any atom is 0.416 e. The van der Waals surface area contributed by atoms with Gasteiger partial charge in [0.15, 0.2) is 0 Å². The van der Waals surface area contributed by atoms with Gasteiger partial charge in [0.05, 0.1) is 5.56 Å². The van der Waals surface area contributed by atoms with Gasteiger partial charge in [-0.2, -0.15) is 13.2 Å². The number of halogens is 3. The second kappa shape index (κ2) is 4.33. The first-order chi connectivity index (χ1) is 7.97. The standard InChI is InChI=1S/C13H16F3N/c1-2-12(7-8-17-12)9-10-5-3-4-6-11(10)13(14,15)16/h3-6,17H,2,7-9H2,1H3. The highest BCUT2D eigenvalue weighted by Crippen LogP contribution is 2.35. The minimum Gasteiger partial charge on any atom is -0.311 e. The topological polar surface area (TPSA) is 12.0 Å². The van der Waals surface area contributed by atoms with E-state index in [1.165, 1.54) is 6.07 Å². The van der Waals surface area contributed by atoms with Crippen LogP contribution in [0.3, 0.4) is 0 Å². The second-order valence-electron chi connectivity index (χ2n) is 4.64. The van der Waals surface area contributed by atoms with E-state index < -0.39 is 11.7 Å². The lowest BCUT2D eigenvalue weighted by Crippen LogP contribution is -2.58. The minimum atomic E-state index is -4.25. The summed E-state index contributed by atoms with van der Waals surface area (Å²) in [5.74, 6) is 0. The Morgan fingerprint density at radius 2 is 1.94 bits per heavy atom. The summed E-state index contributed by atoms with van der Waals surface area (Å²) < 4.78 is 38.5. The molecule has 0 aromatic heterocycles. The van der Waals surface area contributed by atoms with Crippen LogP contribution < -0.4 is 5.32 Å². The maximum atomic E-state index is 12.8. The predicted molar refractivity (Wildman–Crippen MR) is 60.8 cm³/mol. The number of hydrogen-bond donors (Lipinski definition) is 1. The molecule has 0 radical (unpaired) electrons. The Kier molecular flexibility index (Phi) is 3.17. The predicted octanol–water partition coefficient (Wildman–Crippen LogP) is 3.39. The van der Waals surface area contributed by atoms with E-state index in [0.717, 1.165) is 25.5 Å². The summed E-state index contributed by atoms with van der Waals surface area (Å²) in [6.07, 6.45) is -1.98. The van der Waals surface area contributed by atoms with E-state index in [0.29, 0.717) is 12.0 Å². The van der Waals surface area contributed by atoms with E-state index in [4.69, 9.17) is 0 Å². The van der Waals surface area contributed by atoms with Crippen LogP contribution in [0, 0.1) is 0 Å². The highest BCUT2D eigenvalue weighted by Gasteiger charge is 2.38. The Morgan fingerprint density at radius 3 is 2.41 bits per heavy atom. The van der Waals surface area contributed by atoms with Crippen LogP contribution in [0.1, 0.15) is 30.9 Å². The zero-order valence-corrected chi connectivity index (χ0v) is 9.77. The van der Waals surface area contributed by atoms with E-state index in [2.05, 4.69) is 5.32 Å². The Balaban J connectivity index is 2.27. The number of nitrogens with one attached hydrogen (secondary N) is 1. The molecule has 94 valence electrons. The van der Waals surface area contributed by atoms with Crippen LogP contribution in [0.2, 0.25) is 0 Å². The highest BCUT2D eigenvalue weighted by molar-refractivity contribution is 5.31. The summed E-state index contributed by atoms with van der Waals surface area (Å²) in [4.78, 5) is 0. The number of rotatable bonds is 3. The molecular weight excluding hydrogens is 227 g/mol. The van der Waals surface area contributed by atoms with Crippen molar-refractivity contribution in [3.05, 3.63) is 35.4 Å². The van der Waals surface area contributed by atoms with Crippen molar-refractivity contribution in [3.8, 4) is 0 Å². The molecule has 1 aromatic carbocycles. The average Bonchev–Trinajstić information content (AvgIpc) is 2.23. The average molecular weight is 243 g/mol. The summed E-state index contributed by atoms with van der Waals surface area (Å²) in [6, 6.07) is 5.86. The SMILES string of the molecule is CCC1(Cc2ccccc2C(F)(F)F)CCN1. The van der Waals surface area contributed by atoms with Gasteiger partial charge in [-0.15, -0.1) is 0 Å². The molecule has 0 aliphatic carbocycles. The molecule has 4 heteroatoms. The van der Waals surface area contributed by atoms with Gasteiger partial charge >= 0.3 is 6.18 Å². The lowest BCUT2D eigenvalue weighted by Gasteiger charge is -2.43. The monoisotopic (exact) mass is 243 g/mol. The molecule has 1 saturated heterocycles. The molecule has 2 rings (SSSR count). The molecular formula is C13H16F3N. The summed E-state index contributed by atoms with van der Waals surface area (Å²) in [6.45, 7) is 2.92. The van der Waals surface area contributed by atoms with Crippen molar-refractivity contribution in [3.63, 3.8) is 0 Å². The summed E-state index contributed by atoms with van der Waals surface area (Å²) >= 11 is 0. The first-order valence-corrected chi connectivity index (χ1v) is 5.87. The van der Waals surface area contributed by atoms with Crippen molar-refractivity contribution in [2.75, 3.05) is 6.54 Å². The molecule has 0 bridgehead atoms. The molecule has 1 aliphatic rings.